The molecule has 1 aromatic heterocycles. The van der Waals surface area contributed by atoms with E-state index in [2.05, 4.69) is 81.0 Å². The summed E-state index contributed by atoms with van der Waals surface area (Å²) < 4.78 is 2.30. The first-order valence-electron chi connectivity index (χ1n) is 8.37. The zero-order valence-corrected chi connectivity index (χ0v) is 18.0. The Labute approximate surface area is 164 Å². The maximum absolute atomic E-state index is 5.00. The number of halogens is 1. The highest BCUT2D eigenvalue weighted by Crippen LogP contribution is 2.26. The Bertz CT molecular complexity index is 910. The van der Waals surface area contributed by atoms with Crippen LogP contribution < -0.4 is 4.80 Å². The molecule has 1 heterocycles. The molecule has 2 nitrogen and oxygen atoms in total. The first kappa shape index (κ1) is 19.7. The van der Waals surface area contributed by atoms with E-state index in [-0.39, 0.29) is 17.0 Å². The first-order valence-corrected chi connectivity index (χ1v) is 9.25. The standard InChI is InChI=1S/C21H24N2S.BrH/c1-6-23-19(18-9-7-14(2)8-10-18)13-24-21(23)22-20-16(4)11-15(3)12-17(20)5;/h7-13H,6H2,1-5H3;1H. The van der Waals surface area contributed by atoms with Gasteiger partial charge in [0.2, 0.25) is 0 Å². The van der Waals surface area contributed by atoms with Gasteiger partial charge in [-0.05, 0) is 51.3 Å². The van der Waals surface area contributed by atoms with Crippen molar-refractivity contribution in [2.24, 2.45) is 4.99 Å². The zero-order chi connectivity index (χ0) is 17.3. The van der Waals surface area contributed by atoms with Crippen molar-refractivity contribution in [3.63, 3.8) is 0 Å². The van der Waals surface area contributed by atoms with Crippen LogP contribution in [0.25, 0.3) is 11.3 Å². The molecule has 0 unspecified atom stereocenters. The molecule has 0 saturated carbocycles. The van der Waals surface area contributed by atoms with E-state index >= 15 is 0 Å². The number of hydrogen-bond acceptors (Lipinski definition) is 2. The summed E-state index contributed by atoms with van der Waals surface area (Å²) in [5, 5.41) is 2.21. The topological polar surface area (TPSA) is 17.3 Å². The summed E-state index contributed by atoms with van der Waals surface area (Å²) in [5.41, 5.74) is 8.63. The van der Waals surface area contributed by atoms with Gasteiger partial charge in [-0.2, -0.15) is 0 Å². The predicted octanol–water partition coefficient (Wildman–Crippen LogP) is 6.28. The van der Waals surface area contributed by atoms with Gasteiger partial charge >= 0.3 is 0 Å². The van der Waals surface area contributed by atoms with Gasteiger partial charge in [-0.15, -0.1) is 28.3 Å². The van der Waals surface area contributed by atoms with Crippen LogP contribution in [0.1, 0.15) is 29.2 Å². The number of aromatic nitrogens is 1. The van der Waals surface area contributed by atoms with Crippen molar-refractivity contribution < 1.29 is 0 Å². The summed E-state index contributed by atoms with van der Waals surface area (Å²) >= 11 is 1.71. The summed E-state index contributed by atoms with van der Waals surface area (Å²) in [6.45, 7) is 11.6. The lowest BCUT2D eigenvalue weighted by Crippen LogP contribution is -2.14. The molecule has 2 aromatic carbocycles. The van der Waals surface area contributed by atoms with Crippen molar-refractivity contribution >= 4 is 34.0 Å². The van der Waals surface area contributed by atoms with Crippen LogP contribution in [0, 0.1) is 27.7 Å². The van der Waals surface area contributed by atoms with E-state index in [4.69, 9.17) is 4.99 Å². The molecule has 0 aliphatic rings. The molecule has 132 valence electrons. The molecule has 3 aromatic rings. The summed E-state index contributed by atoms with van der Waals surface area (Å²) in [6, 6.07) is 13.1. The summed E-state index contributed by atoms with van der Waals surface area (Å²) in [5.74, 6) is 0. The summed E-state index contributed by atoms with van der Waals surface area (Å²) in [4.78, 5) is 6.06. The first-order chi connectivity index (χ1) is 11.5. The highest BCUT2D eigenvalue weighted by atomic mass is 79.9. The minimum atomic E-state index is 0. The number of aryl methyl sites for hydroxylation is 4. The molecule has 0 aliphatic heterocycles. The van der Waals surface area contributed by atoms with Crippen molar-refractivity contribution in [2.45, 2.75) is 41.2 Å². The Morgan fingerprint density at radius 3 is 2.08 bits per heavy atom. The number of hydrogen-bond donors (Lipinski definition) is 0. The van der Waals surface area contributed by atoms with E-state index in [1.807, 2.05) is 0 Å². The second-order valence-electron chi connectivity index (χ2n) is 6.37. The lowest BCUT2D eigenvalue weighted by molar-refractivity contribution is 0.744. The molecular weight excluding hydrogens is 392 g/mol. The van der Waals surface area contributed by atoms with Gasteiger partial charge in [-0.25, -0.2) is 4.99 Å². The quantitative estimate of drug-likeness (QED) is 0.477. The van der Waals surface area contributed by atoms with Crippen LogP contribution in [0.4, 0.5) is 5.69 Å². The molecule has 3 rings (SSSR count). The molecule has 0 saturated heterocycles. The number of rotatable bonds is 3. The van der Waals surface area contributed by atoms with Crippen molar-refractivity contribution in [3.05, 3.63) is 68.8 Å². The highest BCUT2D eigenvalue weighted by Gasteiger charge is 2.08. The molecule has 25 heavy (non-hydrogen) atoms. The van der Waals surface area contributed by atoms with E-state index in [0.717, 1.165) is 17.0 Å². The van der Waals surface area contributed by atoms with Crippen molar-refractivity contribution in [1.82, 2.24) is 4.57 Å². The summed E-state index contributed by atoms with van der Waals surface area (Å²) in [6.07, 6.45) is 0. The fourth-order valence-corrected chi connectivity index (χ4v) is 4.10. The Kier molecular flexibility index (Phi) is 6.42. The van der Waals surface area contributed by atoms with Gasteiger partial charge in [0.15, 0.2) is 4.80 Å². The van der Waals surface area contributed by atoms with Crippen LogP contribution in [0.5, 0.6) is 0 Å². The fourth-order valence-electron chi connectivity index (χ4n) is 3.12. The average molecular weight is 417 g/mol. The van der Waals surface area contributed by atoms with Crippen molar-refractivity contribution in [1.29, 1.82) is 0 Å². The van der Waals surface area contributed by atoms with Crippen molar-refractivity contribution in [2.75, 3.05) is 0 Å². The van der Waals surface area contributed by atoms with Gasteiger partial charge in [0.1, 0.15) is 0 Å². The van der Waals surface area contributed by atoms with Crippen LogP contribution >= 0.6 is 28.3 Å². The molecule has 0 spiro atoms. The minimum Gasteiger partial charge on any atom is -0.317 e. The largest absolute Gasteiger partial charge is 0.317 e. The lowest BCUT2D eigenvalue weighted by atomic mass is 10.1. The second kappa shape index (κ2) is 8.15. The SMILES string of the molecule is Br.CCn1c(-c2ccc(C)cc2)csc1=Nc1c(C)cc(C)cc1C. The molecule has 0 bridgehead atoms. The Morgan fingerprint density at radius 2 is 1.52 bits per heavy atom. The van der Waals surface area contributed by atoms with E-state index in [1.165, 1.54) is 33.5 Å². The zero-order valence-electron chi connectivity index (χ0n) is 15.5. The fraction of sp³-hybridized carbons (Fsp3) is 0.286. The van der Waals surface area contributed by atoms with E-state index in [9.17, 15) is 0 Å². The third-order valence-electron chi connectivity index (χ3n) is 4.30. The van der Waals surface area contributed by atoms with Gasteiger partial charge in [0.05, 0.1) is 11.4 Å². The number of benzene rings is 2. The lowest BCUT2D eigenvalue weighted by Gasteiger charge is -2.08. The number of nitrogens with zero attached hydrogens (tertiary/aromatic N) is 2. The van der Waals surface area contributed by atoms with E-state index in [1.54, 1.807) is 11.3 Å². The second-order valence-corrected chi connectivity index (χ2v) is 7.21. The van der Waals surface area contributed by atoms with Crippen LogP contribution in [-0.4, -0.2) is 4.57 Å². The molecular formula is C21H25BrN2S. The Hall–Kier alpha value is -1.65. The van der Waals surface area contributed by atoms with Gasteiger partial charge < -0.3 is 4.57 Å². The predicted molar refractivity (Wildman–Crippen MR) is 114 cm³/mol. The average Bonchev–Trinajstić information content (AvgIpc) is 2.94. The molecule has 0 radical (unpaired) electrons. The van der Waals surface area contributed by atoms with Crippen LogP contribution in [0.3, 0.4) is 0 Å². The maximum atomic E-state index is 5.00. The Morgan fingerprint density at radius 1 is 0.920 bits per heavy atom. The minimum absolute atomic E-state index is 0. The van der Waals surface area contributed by atoms with E-state index in [0.29, 0.717) is 0 Å². The van der Waals surface area contributed by atoms with Gasteiger partial charge in [0, 0.05) is 11.9 Å². The van der Waals surface area contributed by atoms with E-state index < -0.39 is 0 Å². The highest BCUT2D eigenvalue weighted by molar-refractivity contribution is 8.93. The molecule has 0 aliphatic carbocycles. The Balaban J connectivity index is 0.00000225. The third kappa shape index (κ3) is 4.13. The van der Waals surface area contributed by atoms with Crippen LogP contribution in [-0.2, 0) is 6.54 Å². The third-order valence-corrected chi connectivity index (χ3v) is 5.17. The summed E-state index contributed by atoms with van der Waals surface area (Å²) in [7, 11) is 0. The molecule has 0 atom stereocenters. The maximum Gasteiger partial charge on any atom is 0.190 e. The smallest absolute Gasteiger partial charge is 0.190 e. The molecule has 0 fully saturated rings. The van der Waals surface area contributed by atoms with Gasteiger partial charge in [-0.3, -0.25) is 0 Å². The van der Waals surface area contributed by atoms with Gasteiger partial charge in [0.25, 0.3) is 0 Å². The normalized spacial score (nSPS) is 11.5. The molecule has 0 N–H and O–H groups in total. The molecule has 0 amide bonds. The van der Waals surface area contributed by atoms with Crippen LogP contribution in [0.15, 0.2) is 46.8 Å². The van der Waals surface area contributed by atoms with Gasteiger partial charge in [-0.1, -0.05) is 47.5 Å². The van der Waals surface area contributed by atoms with Crippen molar-refractivity contribution in [3.8, 4) is 11.3 Å². The monoisotopic (exact) mass is 416 g/mol. The van der Waals surface area contributed by atoms with Crippen LogP contribution in [0.2, 0.25) is 0 Å². The molecule has 4 heteroatoms. The number of thiazole rings is 1.